The highest BCUT2D eigenvalue weighted by Crippen LogP contribution is 2.27. The average Bonchev–Trinajstić information content (AvgIpc) is 3.00. The topological polar surface area (TPSA) is 38.0 Å². The lowest BCUT2D eigenvalue weighted by Crippen LogP contribution is -2.08. The molecule has 2 heterocycles. The number of nitrogens with zero attached hydrogens (tertiary/aromatic N) is 2. The lowest BCUT2D eigenvalue weighted by atomic mass is 10.2. The van der Waals surface area contributed by atoms with Gasteiger partial charge in [0.1, 0.15) is 0 Å². The van der Waals surface area contributed by atoms with Crippen molar-refractivity contribution in [3.63, 3.8) is 0 Å². The van der Waals surface area contributed by atoms with Crippen molar-refractivity contribution in [3.05, 3.63) is 38.8 Å². The van der Waals surface area contributed by atoms with Gasteiger partial charge in [-0.1, -0.05) is 13.8 Å². The molecular formula is C14H19BrN2OS. The Morgan fingerprint density at radius 3 is 2.74 bits per heavy atom. The van der Waals surface area contributed by atoms with Crippen LogP contribution in [0.4, 0.5) is 0 Å². The second-order valence-electron chi connectivity index (χ2n) is 4.64. The van der Waals surface area contributed by atoms with Gasteiger partial charge in [0.15, 0.2) is 0 Å². The van der Waals surface area contributed by atoms with Crippen molar-refractivity contribution < 1.29 is 5.11 Å². The zero-order chi connectivity index (χ0) is 13.8. The van der Waals surface area contributed by atoms with Crippen LogP contribution in [-0.2, 0) is 6.42 Å². The van der Waals surface area contributed by atoms with E-state index in [1.807, 2.05) is 28.4 Å². The first-order valence-electron chi connectivity index (χ1n) is 6.60. The van der Waals surface area contributed by atoms with Crippen LogP contribution in [0.3, 0.4) is 0 Å². The van der Waals surface area contributed by atoms with E-state index in [1.54, 1.807) is 11.3 Å². The maximum absolute atomic E-state index is 10.2. The third-order valence-electron chi connectivity index (χ3n) is 3.30. The quantitative estimate of drug-likeness (QED) is 0.847. The van der Waals surface area contributed by atoms with E-state index in [2.05, 4.69) is 34.9 Å². The normalized spacial score (nSPS) is 13.1. The van der Waals surface area contributed by atoms with Crippen LogP contribution in [0.2, 0.25) is 0 Å². The Balaban J connectivity index is 2.03. The molecule has 2 rings (SSSR count). The summed E-state index contributed by atoms with van der Waals surface area (Å²) in [5.41, 5.74) is 0.948. The molecule has 1 unspecified atom stereocenters. The molecule has 0 spiro atoms. The van der Waals surface area contributed by atoms with Crippen molar-refractivity contribution in [2.75, 3.05) is 0 Å². The van der Waals surface area contributed by atoms with Crippen molar-refractivity contribution in [3.8, 4) is 0 Å². The van der Waals surface area contributed by atoms with Crippen LogP contribution in [-0.4, -0.2) is 14.9 Å². The number of rotatable bonds is 6. The van der Waals surface area contributed by atoms with Crippen molar-refractivity contribution in [1.82, 2.24) is 9.78 Å². The molecular weight excluding hydrogens is 324 g/mol. The molecule has 0 bridgehead atoms. The molecule has 19 heavy (non-hydrogen) atoms. The third-order valence-corrected chi connectivity index (χ3v) is 5.09. The molecule has 3 nitrogen and oxygen atoms in total. The van der Waals surface area contributed by atoms with Crippen LogP contribution < -0.4 is 0 Å². The fraction of sp³-hybridized carbons (Fsp3) is 0.500. The van der Waals surface area contributed by atoms with E-state index in [0.717, 1.165) is 27.9 Å². The van der Waals surface area contributed by atoms with Gasteiger partial charge in [-0.15, -0.1) is 11.3 Å². The molecule has 1 atom stereocenters. The van der Waals surface area contributed by atoms with Gasteiger partial charge in [0.2, 0.25) is 0 Å². The van der Waals surface area contributed by atoms with E-state index < -0.39 is 6.10 Å². The number of hydrogen-bond acceptors (Lipinski definition) is 3. The summed E-state index contributed by atoms with van der Waals surface area (Å²) >= 11 is 4.97. The molecule has 0 aliphatic rings. The first-order valence-corrected chi connectivity index (χ1v) is 8.27. The van der Waals surface area contributed by atoms with Gasteiger partial charge >= 0.3 is 0 Å². The smallest absolute Gasteiger partial charge is 0.0938 e. The molecule has 2 aromatic rings. The van der Waals surface area contributed by atoms with Crippen LogP contribution in [0.25, 0.3) is 0 Å². The standard InChI is InChI=1S/C14H19BrN2OS/c1-3-12(4-2)17-6-5-11(16-17)8-13(18)14-7-10(15)9-19-14/h5-7,9,12-13,18H,3-4,8H2,1-2H3. The first-order chi connectivity index (χ1) is 9.13. The number of halogens is 1. The Labute approximate surface area is 126 Å². The maximum atomic E-state index is 10.2. The molecule has 0 fully saturated rings. The number of hydrogen-bond donors (Lipinski definition) is 1. The summed E-state index contributed by atoms with van der Waals surface area (Å²) in [7, 11) is 0. The van der Waals surface area contributed by atoms with Gasteiger partial charge in [-0.2, -0.15) is 5.10 Å². The zero-order valence-electron chi connectivity index (χ0n) is 11.2. The van der Waals surface area contributed by atoms with Crippen molar-refractivity contribution in [2.24, 2.45) is 0 Å². The molecule has 0 amide bonds. The van der Waals surface area contributed by atoms with Gasteiger partial charge in [-0.3, -0.25) is 4.68 Å². The summed E-state index contributed by atoms with van der Waals surface area (Å²) in [5, 5.41) is 16.8. The van der Waals surface area contributed by atoms with E-state index in [-0.39, 0.29) is 0 Å². The molecule has 1 N–H and O–H groups in total. The van der Waals surface area contributed by atoms with Gasteiger partial charge in [0.05, 0.1) is 17.8 Å². The van der Waals surface area contributed by atoms with Gasteiger partial charge < -0.3 is 5.11 Å². The Hall–Kier alpha value is -0.650. The highest BCUT2D eigenvalue weighted by molar-refractivity contribution is 9.10. The largest absolute Gasteiger partial charge is 0.387 e. The van der Waals surface area contributed by atoms with Crippen LogP contribution >= 0.6 is 27.3 Å². The lowest BCUT2D eigenvalue weighted by Gasteiger charge is -2.12. The molecule has 0 aromatic carbocycles. The number of aliphatic hydroxyl groups is 1. The Bertz CT molecular complexity index is 519. The third kappa shape index (κ3) is 3.68. The minimum absolute atomic E-state index is 0.460. The maximum Gasteiger partial charge on any atom is 0.0938 e. The van der Waals surface area contributed by atoms with E-state index in [9.17, 15) is 5.11 Å². The number of thiophene rings is 1. The molecule has 0 saturated heterocycles. The molecule has 0 aliphatic carbocycles. The summed E-state index contributed by atoms with van der Waals surface area (Å²) < 4.78 is 3.04. The Morgan fingerprint density at radius 1 is 1.42 bits per heavy atom. The second-order valence-corrected chi connectivity index (χ2v) is 6.50. The monoisotopic (exact) mass is 342 g/mol. The minimum atomic E-state index is -0.471. The predicted octanol–water partition coefficient (Wildman–Crippen LogP) is 4.34. The molecule has 0 aliphatic heterocycles. The number of aliphatic hydroxyl groups excluding tert-OH is 1. The summed E-state index contributed by atoms with van der Waals surface area (Å²) in [4.78, 5) is 0.976. The molecule has 0 radical (unpaired) electrons. The van der Waals surface area contributed by atoms with Crippen molar-refractivity contribution in [2.45, 2.75) is 45.3 Å². The predicted molar refractivity (Wildman–Crippen MR) is 82.5 cm³/mol. The highest BCUT2D eigenvalue weighted by atomic mass is 79.9. The van der Waals surface area contributed by atoms with Crippen LogP contribution in [0.5, 0.6) is 0 Å². The van der Waals surface area contributed by atoms with Crippen LogP contribution in [0.1, 0.15) is 49.4 Å². The van der Waals surface area contributed by atoms with Gasteiger partial charge in [0.25, 0.3) is 0 Å². The van der Waals surface area contributed by atoms with E-state index in [0.29, 0.717) is 12.5 Å². The van der Waals surface area contributed by atoms with Crippen LogP contribution in [0.15, 0.2) is 28.2 Å². The molecule has 104 valence electrons. The SMILES string of the molecule is CCC(CC)n1ccc(CC(O)c2cc(Br)cs2)n1. The highest BCUT2D eigenvalue weighted by Gasteiger charge is 2.14. The Morgan fingerprint density at radius 2 is 2.16 bits per heavy atom. The van der Waals surface area contributed by atoms with Crippen molar-refractivity contribution >= 4 is 27.3 Å². The second kappa shape index (κ2) is 6.68. The average molecular weight is 343 g/mol. The van der Waals surface area contributed by atoms with Crippen LogP contribution in [0, 0.1) is 0 Å². The molecule has 5 heteroatoms. The zero-order valence-corrected chi connectivity index (χ0v) is 13.6. The van der Waals surface area contributed by atoms with E-state index in [4.69, 9.17) is 0 Å². The van der Waals surface area contributed by atoms with Gasteiger partial charge in [-0.25, -0.2) is 0 Å². The van der Waals surface area contributed by atoms with E-state index in [1.165, 1.54) is 0 Å². The first kappa shape index (κ1) is 14.8. The summed E-state index contributed by atoms with van der Waals surface area (Å²) in [6.45, 7) is 4.35. The van der Waals surface area contributed by atoms with Gasteiger partial charge in [-0.05, 0) is 40.9 Å². The molecule has 0 saturated carbocycles. The summed E-state index contributed by atoms with van der Waals surface area (Å²) in [5.74, 6) is 0. The number of aromatic nitrogens is 2. The summed E-state index contributed by atoms with van der Waals surface area (Å²) in [6, 6.07) is 4.43. The van der Waals surface area contributed by atoms with Gasteiger partial charge in [0, 0.05) is 27.3 Å². The summed E-state index contributed by atoms with van der Waals surface area (Å²) in [6.07, 6.45) is 4.28. The minimum Gasteiger partial charge on any atom is -0.387 e. The van der Waals surface area contributed by atoms with Crippen molar-refractivity contribution in [1.29, 1.82) is 0 Å². The Kier molecular flexibility index (Phi) is 5.19. The van der Waals surface area contributed by atoms with E-state index >= 15 is 0 Å². The fourth-order valence-electron chi connectivity index (χ4n) is 2.15. The molecule has 2 aromatic heterocycles. The lowest BCUT2D eigenvalue weighted by molar-refractivity contribution is 0.180. The fourth-order valence-corrected chi connectivity index (χ4v) is 3.58.